The van der Waals surface area contributed by atoms with Crippen molar-refractivity contribution in [3.63, 3.8) is 0 Å². The summed E-state index contributed by atoms with van der Waals surface area (Å²) >= 11 is 0. The fourth-order valence-electron chi connectivity index (χ4n) is 25.0. The Hall–Kier alpha value is -11.2. The largest absolute Gasteiger partial charge is 0.394 e. The number of morpholine rings is 1. The van der Waals surface area contributed by atoms with Crippen molar-refractivity contribution in [3.8, 4) is 0 Å². The lowest BCUT2D eigenvalue weighted by molar-refractivity contribution is -0.0107. The van der Waals surface area contributed by atoms with Crippen molar-refractivity contribution < 1.29 is 9.84 Å². The van der Waals surface area contributed by atoms with Gasteiger partial charge in [0.2, 0.25) is 17.9 Å². The van der Waals surface area contributed by atoms with Crippen molar-refractivity contribution in [3.05, 3.63) is 235 Å². The molecule has 0 amide bonds. The summed E-state index contributed by atoms with van der Waals surface area (Å²) in [5.74, 6) is 9.89. The molecule has 23 heteroatoms. The molecule has 8 aromatic rings. The Morgan fingerprint density at radius 1 is 0.374 bits per heavy atom. The lowest BCUT2D eigenvalue weighted by Crippen LogP contribution is -2.62. The van der Waals surface area contributed by atoms with E-state index >= 15 is 0 Å². The molecule has 2 heterocycles. The smallest absolute Gasteiger partial charge is 0.205 e. The molecule has 4 bridgehead atoms. The van der Waals surface area contributed by atoms with Crippen LogP contribution in [0, 0.1) is 17.8 Å². The van der Waals surface area contributed by atoms with Gasteiger partial charge in [-0.1, -0.05) is 305 Å². The molecular weight excluding hydrogens is 1820 g/mol. The van der Waals surface area contributed by atoms with Crippen LogP contribution in [0.25, 0.3) is 10.8 Å². The summed E-state index contributed by atoms with van der Waals surface area (Å²) in [7, 11) is 20.2. The summed E-state index contributed by atoms with van der Waals surface area (Å²) in [5, 5.41) is 38.2. The van der Waals surface area contributed by atoms with E-state index in [1.807, 2.05) is 209 Å². The van der Waals surface area contributed by atoms with Gasteiger partial charge < -0.3 is 81.4 Å². The van der Waals surface area contributed by atoms with E-state index in [0.717, 1.165) is 107 Å². The summed E-state index contributed by atoms with van der Waals surface area (Å²) in [6, 6.07) is 78.1. The van der Waals surface area contributed by atoms with Gasteiger partial charge in [0.15, 0.2) is 23.8 Å². The lowest BCUT2D eigenvalue weighted by Gasteiger charge is -2.57. The molecule has 3 unspecified atom stereocenters. The molecule has 147 heavy (non-hydrogen) atoms. The molecule has 794 valence electrons. The Kier molecular flexibility index (Phi) is 43.5. The predicted octanol–water partition coefficient (Wildman–Crippen LogP) is 24.9. The van der Waals surface area contributed by atoms with Crippen LogP contribution in [0.15, 0.2) is 253 Å². The molecular formula is C124H181N21O2. The number of hydrogen-bond acceptors (Lipinski definition) is 9. The monoisotopic (exact) mass is 2000 g/mol. The quantitative estimate of drug-likeness (QED) is 0.0278. The maximum absolute atomic E-state index is 10.0. The van der Waals surface area contributed by atoms with Crippen LogP contribution in [-0.2, 0) is 11.2 Å². The highest BCUT2D eigenvalue weighted by molar-refractivity contribution is 6.06. The summed E-state index contributed by atoms with van der Waals surface area (Å²) in [4.78, 5) is 50.0. The van der Waals surface area contributed by atoms with Crippen molar-refractivity contribution in [2.24, 2.45) is 52.7 Å². The fraction of sp³-hybridized carbons (Fsp3) is 0.573. The summed E-state index contributed by atoms with van der Waals surface area (Å²) in [5.41, 5.74) is 8.77. The van der Waals surface area contributed by atoms with Crippen LogP contribution in [0.4, 0.5) is 28.4 Å². The van der Waals surface area contributed by atoms with E-state index in [0.29, 0.717) is 60.2 Å². The Morgan fingerprint density at radius 2 is 0.721 bits per heavy atom. The number of anilines is 2. The Balaban J connectivity index is 0.000000133. The number of aliphatic hydroxyl groups is 1. The van der Waals surface area contributed by atoms with Crippen molar-refractivity contribution in [1.29, 1.82) is 0 Å². The highest BCUT2D eigenvalue weighted by atomic mass is 16.5. The highest BCUT2D eigenvalue weighted by Crippen LogP contribution is 2.56. The van der Waals surface area contributed by atoms with Gasteiger partial charge in [-0.3, -0.25) is 0 Å². The molecule has 8 N–H and O–H groups in total. The molecule has 8 aromatic carbocycles. The maximum Gasteiger partial charge on any atom is 0.205 e. The number of aliphatic hydroxyl groups excluding tert-OH is 1. The normalized spacial score (nSPS) is 22.3. The first-order valence-electron chi connectivity index (χ1n) is 57.2. The predicted molar refractivity (Wildman–Crippen MR) is 618 cm³/mol. The van der Waals surface area contributed by atoms with Crippen molar-refractivity contribution >= 4 is 80.9 Å². The van der Waals surface area contributed by atoms with Crippen LogP contribution in [0.1, 0.15) is 292 Å². The highest BCUT2D eigenvalue weighted by Gasteiger charge is 2.52. The van der Waals surface area contributed by atoms with E-state index in [9.17, 15) is 5.11 Å². The standard InChI is InChI=1S/C26H29N3O.C23H39N3.C20H30N6.C19H35N3.C19H17N3.C17H31N3O/c1-28-24(21-14-8-4-9-15-21)25(22-16-10-5-11-17-22)29(2)26(28)27-23(19-30)18-20-12-6-3-7-13-20;1-3-7-20(8-4-1)24-22(25-21-9-5-2-6-10-21)26-23-14-17-11-18(15-23)13-19(12-17)16-23;1-23(2)19(24(3)4)21-16-13-9-11-15-12-10-14-17(18(15)16)22-20(25(5)6)26(7)8;2*1-4-10-16(11-5-1)20-19(21-17-12-6-2-7-13-17)22-18-14-8-3-9-15-18;1-3-7-15(8-4-1)18-17(20-11-13-21-14-12-20)19-16-9-5-2-6-10-16/h3-17,23-25,30H,18-19H2,1-2H3;17-21H,1-16H2,(H2,24,25,26);9-14H,1-8H3;16-18H,1-15H2,(H2,20,21,22);1-15H,(H2,20,21,22);15-16H,1-14H2,(H,18,19). The lowest BCUT2D eigenvalue weighted by atomic mass is 9.53. The first kappa shape index (κ1) is 110. The molecule has 2 saturated heterocycles. The zero-order valence-electron chi connectivity index (χ0n) is 91.1. The molecule has 0 radical (unpaired) electrons. The van der Waals surface area contributed by atoms with E-state index in [1.54, 1.807) is 0 Å². The van der Waals surface area contributed by atoms with Gasteiger partial charge in [-0.15, -0.1) is 0 Å². The van der Waals surface area contributed by atoms with Crippen LogP contribution < -0.4 is 37.2 Å². The average Bonchev–Trinajstić information content (AvgIpc) is 1.75. The van der Waals surface area contributed by atoms with Crippen molar-refractivity contribution in [2.75, 3.05) is 114 Å². The van der Waals surface area contributed by atoms with E-state index in [2.05, 4.69) is 156 Å². The molecule has 21 rings (SSSR count). The molecule has 0 spiro atoms. The number of aliphatic imine (C=N–C) groups is 7. The number of hydrogen-bond donors (Lipinski definition) is 8. The molecule has 2 aliphatic heterocycles. The summed E-state index contributed by atoms with van der Waals surface area (Å²) < 4.78 is 5.51. The van der Waals surface area contributed by atoms with Gasteiger partial charge in [-0.05, 0) is 223 Å². The van der Waals surface area contributed by atoms with Gasteiger partial charge in [0.1, 0.15) is 0 Å². The Morgan fingerprint density at radius 3 is 1.11 bits per heavy atom. The molecule has 23 nitrogen and oxygen atoms in total. The second-order valence-corrected chi connectivity index (χ2v) is 44.8. The van der Waals surface area contributed by atoms with Crippen LogP contribution in [0.5, 0.6) is 0 Å². The number of fused-ring (bicyclic) bond motifs is 1. The number of nitrogens with zero attached hydrogens (tertiary/aromatic N) is 14. The maximum atomic E-state index is 10.0. The van der Waals surface area contributed by atoms with E-state index in [1.165, 1.54) is 292 Å². The third-order valence-corrected chi connectivity index (χ3v) is 32.0. The molecule has 13 aliphatic rings. The minimum Gasteiger partial charge on any atom is -0.394 e. The Bertz CT molecular complexity index is 5100. The number of guanidine groups is 7. The number of benzene rings is 8. The SMILES string of the molecule is C1CCC(N=C(NC2CCCCC2)N2CCOCC2)CC1.C1CCC(N=C(NC2CCCCC2)NC23CC4CC(CC(C4)C2)C3)CC1.C1CCC(N=C(NC2CCCCC2)NC2CCCCC2)CC1.CN(C)C(=Nc1cccc2cccc(N=C(N(C)C)N(C)C)c12)N(C)C.CN1C(=NC(CO)Cc2ccccc2)N(C)C(c2ccccc2)C1c1ccccc1.c1ccc(N=C(Nc2ccccc2)Nc2ccccc2)cc1. The second-order valence-electron chi connectivity index (χ2n) is 44.8. The van der Waals surface area contributed by atoms with Gasteiger partial charge >= 0.3 is 0 Å². The molecule has 11 aliphatic carbocycles. The minimum atomic E-state index is -0.182. The van der Waals surface area contributed by atoms with Gasteiger partial charge in [-0.25, -0.2) is 34.9 Å². The zero-order valence-corrected chi connectivity index (χ0v) is 91.1. The van der Waals surface area contributed by atoms with Gasteiger partial charge in [0.05, 0.1) is 73.1 Å². The first-order chi connectivity index (χ1) is 71.9. The van der Waals surface area contributed by atoms with Crippen LogP contribution in [0.3, 0.4) is 0 Å². The number of ether oxygens (including phenoxy) is 1. The Labute approximate surface area is 883 Å². The summed E-state index contributed by atoms with van der Waals surface area (Å²) in [6.45, 7) is 3.69. The van der Waals surface area contributed by atoms with E-state index < -0.39 is 0 Å². The number of rotatable bonds is 19. The van der Waals surface area contributed by atoms with Crippen molar-refractivity contribution in [2.45, 2.75) is 336 Å². The molecule has 13 fully saturated rings. The van der Waals surface area contributed by atoms with E-state index in [-0.39, 0.29) is 24.7 Å². The second kappa shape index (κ2) is 58.1. The van der Waals surface area contributed by atoms with Gasteiger partial charge in [0.25, 0.3) is 0 Å². The number of para-hydroxylation sites is 3. The average molecular weight is 2000 g/mol. The first-order valence-corrected chi connectivity index (χ1v) is 57.2. The molecule has 0 aromatic heterocycles. The van der Waals surface area contributed by atoms with Crippen LogP contribution in [0.2, 0.25) is 0 Å². The summed E-state index contributed by atoms with van der Waals surface area (Å²) in [6.07, 6.45) is 57.1. The third-order valence-electron chi connectivity index (χ3n) is 32.0. The third kappa shape index (κ3) is 34.4. The molecule has 11 saturated carbocycles. The van der Waals surface area contributed by atoms with Crippen molar-refractivity contribution in [1.82, 2.24) is 60.9 Å². The zero-order chi connectivity index (χ0) is 102. The minimum absolute atomic E-state index is 0.0199. The molecule has 3 atom stereocenters. The van der Waals surface area contributed by atoms with E-state index in [4.69, 9.17) is 34.7 Å². The van der Waals surface area contributed by atoms with Gasteiger partial charge in [-0.2, -0.15) is 0 Å². The number of nitrogens with one attached hydrogen (secondary N) is 7. The van der Waals surface area contributed by atoms with Crippen LogP contribution in [-0.4, -0.2) is 238 Å². The fourth-order valence-corrected chi connectivity index (χ4v) is 25.0. The topological polar surface area (TPSA) is 223 Å². The van der Waals surface area contributed by atoms with Crippen LogP contribution >= 0.6 is 0 Å². The van der Waals surface area contributed by atoms with Gasteiger partial charge in [0, 0.05) is 130 Å². The number of likely N-dealkylation sites (N-methyl/N-ethyl adjacent to an activating group) is 2.